The van der Waals surface area contributed by atoms with Crippen LogP contribution in [-0.4, -0.2) is 36.3 Å². The molecule has 2 nitrogen and oxygen atoms in total. The fraction of sp³-hybridized carbons (Fsp3) is 0.875. The molecule has 0 rings (SSSR count). The predicted octanol–water partition coefficient (Wildman–Crippen LogP) is 2.16. The lowest BCUT2D eigenvalue weighted by Crippen LogP contribution is -2.42. The highest BCUT2D eigenvalue weighted by molar-refractivity contribution is 7.80. The van der Waals surface area contributed by atoms with Crippen LogP contribution >= 0.6 is 12.2 Å². The van der Waals surface area contributed by atoms with Crippen LogP contribution in [0.1, 0.15) is 19.8 Å². The third-order valence-corrected chi connectivity index (χ3v) is 2.03. The molecule has 0 fully saturated rings. The van der Waals surface area contributed by atoms with Gasteiger partial charge < -0.3 is 10.2 Å². The van der Waals surface area contributed by atoms with Crippen LogP contribution in [0.25, 0.3) is 0 Å². The van der Waals surface area contributed by atoms with Crippen molar-refractivity contribution >= 4 is 17.3 Å². The SMILES string of the molecule is CCCCNC(=S)N(C)CC(F)(F)F. The molecule has 0 heterocycles. The second kappa shape index (κ2) is 6.06. The molecule has 0 amide bonds. The summed E-state index contributed by atoms with van der Waals surface area (Å²) in [5.74, 6) is 0. The van der Waals surface area contributed by atoms with Crippen molar-refractivity contribution in [3.8, 4) is 0 Å². The average Bonchev–Trinajstić information content (AvgIpc) is 2.01. The number of nitrogens with zero attached hydrogens (tertiary/aromatic N) is 1. The number of hydrogen-bond donors (Lipinski definition) is 1. The number of halogens is 3. The fourth-order valence-corrected chi connectivity index (χ4v) is 1.01. The van der Waals surface area contributed by atoms with E-state index >= 15 is 0 Å². The Morgan fingerprint density at radius 1 is 1.43 bits per heavy atom. The van der Waals surface area contributed by atoms with Gasteiger partial charge in [0.15, 0.2) is 5.11 Å². The highest BCUT2D eigenvalue weighted by atomic mass is 32.1. The number of hydrogen-bond acceptors (Lipinski definition) is 1. The molecule has 0 aromatic rings. The minimum absolute atomic E-state index is 0.149. The molecule has 0 aromatic heterocycles. The van der Waals surface area contributed by atoms with E-state index in [4.69, 9.17) is 12.2 Å². The predicted molar refractivity (Wildman–Crippen MR) is 54.2 cm³/mol. The van der Waals surface area contributed by atoms with Crippen molar-refractivity contribution < 1.29 is 13.2 Å². The maximum absolute atomic E-state index is 11.9. The molecule has 0 aromatic carbocycles. The molecule has 0 aliphatic carbocycles. The molecule has 0 unspecified atom stereocenters. The number of nitrogens with one attached hydrogen (secondary N) is 1. The van der Waals surface area contributed by atoms with E-state index in [1.165, 1.54) is 7.05 Å². The molecular formula is C8H15F3N2S. The van der Waals surface area contributed by atoms with Crippen LogP contribution in [0.2, 0.25) is 0 Å². The molecule has 1 N–H and O–H groups in total. The van der Waals surface area contributed by atoms with E-state index in [9.17, 15) is 13.2 Å². The van der Waals surface area contributed by atoms with Crippen LogP contribution in [0.15, 0.2) is 0 Å². The summed E-state index contributed by atoms with van der Waals surface area (Å²) in [7, 11) is 1.33. The fourth-order valence-electron chi connectivity index (χ4n) is 0.848. The van der Waals surface area contributed by atoms with E-state index in [1.807, 2.05) is 6.92 Å². The van der Waals surface area contributed by atoms with Crippen molar-refractivity contribution in [2.75, 3.05) is 20.1 Å². The van der Waals surface area contributed by atoms with E-state index in [1.54, 1.807) is 0 Å². The quantitative estimate of drug-likeness (QED) is 0.586. The van der Waals surface area contributed by atoms with Crippen molar-refractivity contribution in [2.45, 2.75) is 25.9 Å². The van der Waals surface area contributed by atoms with Crippen molar-refractivity contribution in [3.63, 3.8) is 0 Å². The lowest BCUT2D eigenvalue weighted by Gasteiger charge is -2.22. The van der Waals surface area contributed by atoms with Gasteiger partial charge in [0.25, 0.3) is 0 Å². The van der Waals surface area contributed by atoms with E-state index in [2.05, 4.69) is 5.32 Å². The molecule has 0 radical (unpaired) electrons. The minimum atomic E-state index is -4.20. The van der Waals surface area contributed by atoms with Crippen LogP contribution in [0.3, 0.4) is 0 Å². The first-order chi connectivity index (χ1) is 6.37. The van der Waals surface area contributed by atoms with Gasteiger partial charge in [0, 0.05) is 13.6 Å². The van der Waals surface area contributed by atoms with E-state index < -0.39 is 12.7 Å². The van der Waals surface area contributed by atoms with Gasteiger partial charge in [-0.1, -0.05) is 13.3 Å². The average molecular weight is 228 g/mol. The van der Waals surface area contributed by atoms with E-state index in [0.717, 1.165) is 17.7 Å². The van der Waals surface area contributed by atoms with Crippen LogP contribution in [0.5, 0.6) is 0 Å². The highest BCUT2D eigenvalue weighted by Crippen LogP contribution is 2.15. The Balaban J connectivity index is 3.77. The molecule has 0 aliphatic rings. The van der Waals surface area contributed by atoms with Gasteiger partial charge in [-0.2, -0.15) is 13.2 Å². The van der Waals surface area contributed by atoms with Crippen molar-refractivity contribution in [2.24, 2.45) is 0 Å². The van der Waals surface area contributed by atoms with Crippen LogP contribution in [0, 0.1) is 0 Å². The summed E-state index contributed by atoms with van der Waals surface area (Å²) in [4.78, 5) is 0.991. The normalized spacial score (nSPS) is 11.2. The van der Waals surface area contributed by atoms with Gasteiger partial charge in [0.1, 0.15) is 6.54 Å². The topological polar surface area (TPSA) is 15.3 Å². The first-order valence-electron chi connectivity index (χ1n) is 4.42. The van der Waals surface area contributed by atoms with Crippen LogP contribution in [-0.2, 0) is 0 Å². The second-order valence-corrected chi connectivity index (χ2v) is 3.44. The lowest BCUT2D eigenvalue weighted by molar-refractivity contribution is -0.135. The number of rotatable bonds is 4. The van der Waals surface area contributed by atoms with Gasteiger partial charge in [-0.25, -0.2) is 0 Å². The molecule has 0 saturated carbocycles. The zero-order chi connectivity index (χ0) is 11.2. The summed E-state index contributed by atoms with van der Waals surface area (Å²) in [5, 5.41) is 2.91. The van der Waals surface area contributed by atoms with Gasteiger partial charge in [-0.15, -0.1) is 0 Å². The summed E-state index contributed by atoms with van der Waals surface area (Å²) in [6, 6.07) is 0. The Morgan fingerprint density at radius 3 is 2.43 bits per heavy atom. The zero-order valence-electron chi connectivity index (χ0n) is 8.32. The molecule has 84 valence electrons. The minimum Gasteiger partial charge on any atom is -0.363 e. The Labute approximate surface area is 87.5 Å². The molecule has 14 heavy (non-hydrogen) atoms. The third-order valence-electron chi connectivity index (χ3n) is 1.57. The van der Waals surface area contributed by atoms with Gasteiger partial charge in [-0.05, 0) is 18.6 Å². The Hall–Kier alpha value is -0.520. The Morgan fingerprint density at radius 2 is 2.00 bits per heavy atom. The smallest absolute Gasteiger partial charge is 0.363 e. The number of thiocarbonyl (C=S) groups is 1. The van der Waals surface area contributed by atoms with E-state index in [0.29, 0.717) is 6.54 Å². The van der Waals surface area contributed by atoms with Gasteiger partial charge in [0.05, 0.1) is 0 Å². The number of unbranched alkanes of at least 4 members (excludes halogenated alkanes) is 1. The standard InChI is InChI=1S/C8H15F3N2S/c1-3-4-5-12-7(14)13(2)6-8(9,10)11/h3-6H2,1-2H3,(H,12,14). The largest absolute Gasteiger partial charge is 0.405 e. The summed E-state index contributed by atoms with van der Waals surface area (Å²) >= 11 is 4.77. The molecule has 0 aliphatic heterocycles. The summed E-state index contributed by atoms with van der Waals surface area (Å²) < 4.78 is 35.8. The molecule has 6 heteroatoms. The van der Waals surface area contributed by atoms with Gasteiger partial charge in [-0.3, -0.25) is 0 Å². The van der Waals surface area contributed by atoms with Crippen LogP contribution < -0.4 is 5.32 Å². The first kappa shape index (κ1) is 13.5. The third kappa shape index (κ3) is 6.94. The molecule has 0 atom stereocenters. The lowest BCUT2D eigenvalue weighted by atomic mass is 10.3. The molecule has 0 saturated heterocycles. The zero-order valence-corrected chi connectivity index (χ0v) is 9.13. The van der Waals surface area contributed by atoms with Gasteiger partial charge in [0.2, 0.25) is 0 Å². The molecule has 0 spiro atoms. The van der Waals surface area contributed by atoms with Crippen molar-refractivity contribution in [1.82, 2.24) is 10.2 Å². The molecular weight excluding hydrogens is 213 g/mol. The maximum atomic E-state index is 11.9. The van der Waals surface area contributed by atoms with Gasteiger partial charge >= 0.3 is 6.18 Å². The Kier molecular flexibility index (Phi) is 5.83. The first-order valence-corrected chi connectivity index (χ1v) is 4.83. The second-order valence-electron chi connectivity index (χ2n) is 3.06. The maximum Gasteiger partial charge on any atom is 0.405 e. The highest BCUT2D eigenvalue weighted by Gasteiger charge is 2.29. The summed E-state index contributed by atoms with van der Waals surface area (Å²) in [5.41, 5.74) is 0. The van der Waals surface area contributed by atoms with Crippen LogP contribution in [0.4, 0.5) is 13.2 Å². The number of alkyl halides is 3. The summed E-state index contributed by atoms with van der Waals surface area (Å²) in [6.45, 7) is 1.62. The monoisotopic (exact) mass is 228 g/mol. The Bertz CT molecular complexity index is 182. The van der Waals surface area contributed by atoms with E-state index in [-0.39, 0.29) is 5.11 Å². The molecule has 0 bridgehead atoms. The van der Waals surface area contributed by atoms with Crippen molar-refractivity contribution in [1.29, 1.82) is 0 Å². The summed E-state index contributed by atoms with van der Waals surface area (Å²) in [6.07, 6.45) is -2.32. The van der Waals surface area contributed by atoms with Crippen molar-refractivity contribution in [3.05, 3.63) is 0 Å².